The van der Waals surface area contributed by atoms with Crippen LogP contribution in [-0.4, -0.2) is 36.1 Å². The topological polar surface area (TPSA) is 55.8 Å². The molecule has 0 radical (unpaired) electrons. The van der Waals surface area contributed by atoms with E-state index in [1.165, 1.54) is 24.3 Å². The van der Waals surface area contributed by atoms with E-state index in [-0.39, 0.29) is 24.3 Å². The lowest BCUT2D eigenvalue weighted by Crippen LogP contribution is -2.44. The van der Waals surface area contributed by atoms with Crippen molar-refractivity contribution in [1.82, 2.24) is 0 Å². The molecule has 22 heavy (non-hydrogen) atoms. The lowest BCUT2D eigenvalue weighted by molar-refractivity contribution is -0.237. The molecule has 0 amide bonds. The van der Waals surface area contributed by atoms with Gasteiger partial charge in [-0.2, -0.15) is 13.2 Å². The monoisotopic (exact) mass is 320 g/mol. The first-order valence-electron chi connectivity index (χ1n) is 6.97. The van der Waals surface area contributed by atoms with Crippen LogP contribution >= 0.6 is 0 Å². The van der Waals surface area contributed by atoms with E-state index in [1.54, 1.807) is 13.8 Å². The van der Waals surface area contributed by atoms with Gasteiger partial charge in [-0.25, -0.2) is 4.79 Å². The van der Waals surface area contributed by atoms with E-state index >= 15 is 0 Å². The number of aromatic hydroxyl groups is 1. The van der Waals surface area contributed by atoms with Gasteiger partial charge in [-0.1, -0.05) is 13.3 Å². The Bertz CT molecular complexity index is 465. The number of benzene rings is 1. The van der Waals surface area contributed by atoms with E-state index in [0.29, 0.717) is 6.42 Å². The minimum Gasteiger partial charge on any atom is -0.508 e. The SMILES string of the molecule is CCCC(OCC)C(OC(=O)c1ccc(O)cc1)C(F)(F)F. The summed E-state index contributed by atoms with van der Waals surface area (Å²) in [4.78, 5) is 11.9. The van der Waals surface area contributed by atoms with Gasteiger partial charge in [0, 0.05) is 6.61 Å². The average molecular weight is 320 g/mol. The fourth-order valence-corrected chi connectivity index (χ4v) is 1.96. The number of rotatable bonds is 7. The maximum absolute atomic E-state index is 13.2. The molecule has 124 valence electrons. The van der Waals surface area contributed by atoms with Gasteiger partial charge in [-0.15, -0.1) is 0 Å². The van der Waals surface area contributed by atoms with Crippen LogP contribution < -0.4 is 0 Å². The molecule has 0 aromatic heterocycles. The van der Waals surface area contributed by atoms with E-state index in [9.17, 15) is 18.0 Å². The van der Waals surface area contributed by atoms with Crippen molar-refractivity contribution in [3.8, 4) is 5.75 Å². The number of carbonyl (C=O) groups excluding carboxylic acids is 1. The Balaban J connectivity index is 2.92. The van der Waals surface area contributed by atoms with E-state index in [1.807, 2.05) is 0 Å². The largest absolute Gasteiger partial charge is 0.508 e. The third kappa shape index (κ3) is 5.22. The number of hydrogen-bond donors (Lipinski definition) is 1. The van der Waals surface area contributed by atoms with Crippen molar-refractivity contribution in [2.45, 2.75) is 45.1 Å². The van der Waals surface area contributed by atoms with Crippen molar-refractivity contribution in [3.05, 3.63) is 29.8 Å². The number of ether oxygens (including phenoxy) is 2. The molecule has 7 heteroatoms. The first-order valence-corrected chi connectivity index (χ1v) is 6.97. The summed E-state index contributed by atoms with van der Waals surface area (Å²) in [6, 6.07) is 4.79. The lowest BCUT2D eigenvalue weighted by Gasteiger charge is -2.28. The number of phenolic OH excluding ortho intramolecular Hbond substituents is 1. The predicted octanol–water partition coefficient (Wildman–Crippen LogP) is 3.69. The van der Waals surface area contributed by atoms with E-state index in [0.717, 1.165) is 0 Å². The Morgan fingerprint density at radius 3 is 2.27 bits per heavy atom. The highest BCUT2D eigenvalue weighted by Crippen LogP contribution is 2.29. The van der Waals surface area contributed by atoms with E-state index in [2.05, 4.69) is 4.74 Å². The van der Waals surface area contributed by atoms with Crippen LogP contribution in [0.1, 0.15) is 37.0 Å². The number of alkyl halides is 3. The summed E-state index contributed by atoms with van der Waals surface area (Å²) in [5.74, 6) is -1.20. The first-order chi connectivity index (χ1) is 10.3. The Morgan fingerprint density at radius 2 is 1.82 bits per heavy atom. The number of carbonyl (C=O) groups is 1. The molecule has 1 rings (SSSR count). The fraction of sp³-hybridized carbons (Fsp3) is 0.533. The summed E-state index contributed by atoms with van der Waals surface area (Å²) in [6.07, 6.45) is -7.69. The molecule has 1 aromatic rings. The molecule has 0 aliphatic heterocycles. The molecule has 2 atom stereocenters. The maximum Gasteiger partial charge on any atom is 0.428 e. The highest BCUT2D eigenvalue weighted by atomic mass is 19.4. The van der Waals surface area contributed by atoms with Crippen LogP contribution in [0.2, 0.25) is 0 Å². The van der Waals surface area contributed by atoms with Crippen molar-refractivity contribution < 1.29 is 32.5 Å². The van der Waals surface area contributed by atoms with Crippen LogP contribution in [-0.2, 0) is 9.47 Å². The summed E-state index contributed by atoms with van der Waals surface area (Å²) in [7, 11) is 0. The molecule has 1 N–H and O–H groups in total. The highest BCUT2D eigenvalue weighted by molar-refractivity contribution is 5.89. The van der Waals surface area contributed by atoms with E-state index in [4.69, 9.17) is 9.84 Å². The van der Waals surface area contributed by atoms with Crippen molar-refractivity contribution in [2.24, 2.45) is 0 Å². The van der Waals surface area contributed by atoms with Crippen LogP contribution in [0.4, 0.5) is 13.2 Å². The van der Waals surface area contributed by atoms with Crippen LogP contribution in [0.15, 0.2) is 24.3 Å². The van der Waals surface area contributed by atoms with Crippen LogP contribution in [0.5, 0.6) is 5.75 Å². The third-order valence-electron chi connectivity index (χ3n) is 2.95. The zero-order valence-electron chi connectivity index (χ0n) is 12.4. The number of esters is 1. The zero-order chi connectivity index (χ0) is 16.8. The van der Waals surface area contributed by atoms with Crippen LogP contribution in [0, 0.1) is 0 Å². The molecule has 0 fully saturated rings. The van der Waals surface area contributed by atoms with Crippen LogP contribution in [0.25, 0.3) is 0 Å². The van der Waals surface area contributed by atoms with Gasteiger partial charge in [0.15, 0.2) is 0 Å². The van der Waals surface area contributed by atoms with Gasteiger partial charge >= 0.3 is 12.1 Å². The Kier molecular flexibility index (Phi) is 6.67. The maximum atomic E-state index is 13.2. The molecule has 2 unspecified atom stereocenters. The standard InChI is InChI=1S/C15H19F3O4/c1-3-5-12(21-4-2)13(15(16,17)18)22-14(20)10-6-8-11(19)9-7-10/h6-9,12-13,19H,3-5H2,1-2H3. The van der Waals surface area contributed by atoms with Crippen molar-refractivity contribution in [1.29, 1.82) is 0 Å². The number of hydrogen-bond acceptors (Lipinski definition) is 4. The molecule has 0 saturated carbocycles. The number of phenols is 1. The summed E-state index contributed by atoms with van der Waals surface area (Å²) < 4.78 is 49.2. The van der Waals surface area contributed by atoms with Gasteiger partial charge in [0.1, 0.15) is 11.9 Å². The minimum atomic E-state index is -4.72. The fourth-order valence-electron chi connectivity index (χ4n) is 1.96. The molecule has 1 aromatic carbocycles. The van der Waals surface area contributed by atoms with Gasteiger partial charge in [0.05, 0.1) is 5.56 Å². The van der Waals surface area contributed by atoms with Crippen LogP contribution in [0.3, 0.4) is 0 Å². The molecule has 0 heterocycles. The molecule has 0 bridgehead atoms. The summed E-state index contributed by atoms with van der Waals surface area (Å²) in [5, 5.41) is 9.13. The van der Waals surface area contributed by atoms with Crippen molar-refractivity contribution in [3.63, 3.8) is 0 Å². The minimum absolute atomic E-state index is 0.0706. The molecule has 0 aliphatic carbocycles. The Labute approximate surface area is 126 Å². The van der Waals surface area contributed by atoms with Crippen molar-refractivity contribution in [2.75, 3.05) is 6.61 Å². The third-order valence-corrected chi connectivity index (χ3v) is 2.95. The molecule has 4 nitrogen and oxygen atoms in total. The quantitative estimate of drug-likeness (QED) is 0.779. The Hall–Kier alpha value is -1.76. The van der Waals surface area contributed by atoms with Gasteiger partial charge in [-0.05, 0) is 37.6 Å². The van der Waals surface area contributed by atoms with Gasteiger partial charge in [0.25, 0.3) is 0 Å². The van der Waals surface area contributed by atoms with Gasteiger partial charge < -0.3 is 14.6 Å². The molecule has 0 spiro atoms. The van der Waals surface area contributed by atoms with Gasteiger partial charge in [0.2, 0.25) is 6.10 Å². The predicted molar refractivity (Wildman–Crippen MR) is 73.7 cm³/mol. The van der Waals surface area contributed by atoms with E-state index < -0.39 is 24.4 Å². The lowest BCUT2D eigenvalue weighted by atomic mass is 10.1. The smallest absolute Gasteiger partial charge is 0.428 e. The van der Waals surface area contributed by atoms with Crippen molar-refractivity contribution >= 4 is 5.97 Å². The number of halogens is 3. The normalized spacial score (nSPS) is 14.4. The molecular formula is C15H19F3O4. The summed E-state index contributed by atoms with van der Waals surface area (Å²) >= 11 is 0. The van der Waals surface area contributed by atoms with Gasteiger partial charge in [-0.3, -0.25) is 0 Å². The second-order valence-corrected chi connectivity index (χ2v) is 4.70. The Morgan fingerprint density at radius 1 is 1.23 bits per heavy atom. The molecule has 0 aliphatic rings. The second-order valence-electron chi connectivity index (χ2n) is 4.70. The molecule has 0 saturated heterocycles. The summed E-state index contributed by atoms with van der Waals surface area (Å²) in [5.41, 5.74) is -0.0706. The first kappa shape index (κ1) is 18.3. The zero-order valence-corrected chi connectivity index (χ0v) is 12.4. The average Bonchev–Trinajstić information content (AvgIpc) is 2.44. The second kappa shape index (κ2) is 8.03. The summed E-state index contributed by atoms with van der Waals surface area (Å²) in [6.45, 7) is 3.40. The molecular weight excluding hydrogens is 301 g/mol. The highest BCUT2D eigenvalue weighted by Gasteiger charge is 2.48.